The van der Waals surface area contributed by atoms with Crippen molar-refractivity contribution in [1.82, 2.24) is 5.32 Å². The van der Waals surface area contributed by atoms with Crippen molar-refractivity contribution in [3.8, 4) is 0 Å². The lowest BCUT2D eigenvalue weighted by Gasteiger charge is -2.05. The molecule has 0 saturated heterocycles. The van der Waals surface area contributed by atoms with E-state index in [0.29, 0.717) is 11.8 Å². The van der Waals surface area contributed by atoms with Crippen LogP contribution in [0, 0.1) is 11.7 Å². The Kier molecular flexibility index (Phi) is 3.98. The van der Waals surface area contributed by atoms with Crippen molar-refractivity contribution in [2.45, 2.75) is 25.7 Å². The van der Waals surface area contributed by atoms with Crippen LogP contribution in [0.25, 0.3) is 0 Å². The molecule has 1 fully saturated rings. The molecule has 2 atom stereocenters. The maximum Gasteiger partial charge on any atom is 0.123 e. The molecule has 1 aromatic carbocycles. The lowest BCUT2D eigenvalue weighted by molar-refractivity contribution is 0.612. The van der Waals surface area contributed by atoms with Crippen molar-refractivity contribution in [2.24, 2.45) is 5.92 Å². The van der Waals surface area contributed by atoms with Gasteiger partial charge in [-0.1, -0.05) is 22.9 Å². The van der Waals surface area contributed by atoms with E-state index in [2.05, 4.69) is 28.2 Å². The normalized spacial score (nSPS) is 23.4. The predicted molar refractivity (Wildman–Crippen MR) is 68.1 cm³/mol. The standard InChI is InChI=1S/C13H17BrFN/c1-2-5-16-8-9-6-11(9)12-7-10(15)3-4-13(12)14/h3-4,7,9,11,16H,2,5-6,8H2,1H3. The van der Waals surface area contributed by atoms with E-state index in [1.165, 1.54) is 18.9 Å². The van der Waals surface area contributed by atoms with Crippen molar-refractivity contribution in [1.29, 1.82) is 0 Å². The lowest BCUT2D eigenvalue weighted by atomic mass is 10.1. The van der Waals surface area contributed by atoms with Gasteiger partial charge in [0.1, 0.15) is 5.82 Å². The van der Waals surface area contributed by atoms with E-state index in [1.807, 2.05) is 0 Å². The third-order valence-electron chi connectivity index (χ3n) is 3.11. The molecule has 2 unspecified atom stereocenters. The van der Waals surface area contributed by atoms with E-state index in [1.54, 1.807) is 12.1 Å². The summed E-state index contributed by atoms with van der Waals surface area (Å²) in [4.78, 5) is 0. The van der Waals surface area contributed by atoms with Crippen molar-refractivity contribution in [3.05, 3.63) is 34.1 Å². The first-order chi connectivity index (χ1) is 7.72. The van der Waals surface area contributed by atoms with Gasteiger partial charge in [0.05, 0.1) is 0 Å². The van der Waals surface area contributed by atoms with Crippen molar-refractivity contribution < 1.29 is 4.39 Å². The summed E-state index contributed by atoms with van der Waals surface area (Å²) in [5.41, 5.74) is 1.13. The Labute approximate surface area is 105 Å². The summed E-state index contributed by atoms with van der Waals surface area (Å²) in [5, 5.41) is 3.42. The molecule has 88 valence electrons. The van der Waals surface area contributed by atoms with E-state index in [0.717, 1.165) is 23.1 Å². The lowest BCUT2D eigenvalue weighted by Crippen LogP contribution is -2.17. The number of benzene rings is 1. The average molecular weight is 286 g/mol. The number of nitrogens with one attached hydrogen (secondary N) is 1. The first kappa shape index (κ1) is 12.1. The molecule has 1 aliphatic rings. The summed E-state index contributed by atoms with van der Waals surface area (Å²) < 4.78 is 14.2. The van der Waals surface area contributed by atoms with Gasteiger partial charge in [-0.15, -0.1) is 0 Å². The fraction of sp³-hybridized carbons (Fsp3) is 0.538. The van der Waals surface area contributed by atoms with Gasteiger partial charge in [-0.25, -0.2) is 4.39 Å². The molecular formula is C13H17BrFN. The molecule has 3 heteroatoms. The summed E-state index contributed by atoms with van der Waals surface area (Å²) >= 11 is 3.49. The molecular weight excluding hydrogens is 269 g/mol. The van der Waals surface area contributed by atoms with Crippen molar-refractivity contribution in [3.63, 3.8) is 0 Å². The molecule has 2 rings (SSSR count). The molecule has 1 N–H and O–H groups in total. The zero-order valence-corrected chi connectivity index (χ0v) is 11.1. The highest BCUT2D eigenvalue weighted by Crippen LogP contribution is 2.49. The van der Waals surface area contributed by atoms with Crippen LogP contribution in [-0.2, 0) is 0 Å². The first-order valence-electron chi connectivity index (χ1n) is 5.88. The van der Waals surface area contributed by atoms with Gasteiger partial charge in [-0.05, 0) is 61.5 Å². The molecule has 0 aliphatic heterocycles. The smallest absolute Gasteiger partial charge is 0.123 e. The number of rotatable bonds is 5. The fourth-order valence-corrected chi connectivity index (χ4v) is 2.66. The van der Waals surface area contributed by atoms with E-state index >= 15 is 0 Å². The highest BCUT2D eigenvalue weighted by Gasteiger charge is 2.38. The Balaban J connectivity index is 1.92. The molecule has 0 spiro atoms. The van der Waals surface area contributed by atoms with Gasteiger partial charge < -0.3 is 5.32 Å². The second-order valence-electron chi connectivity index (χ2n) is 4.47. The average Bonchev–Trinajstić information content (AvgIpc) is 3.02. The van der Waals surface area contributed by atoms with Gasteiger partial charge in [0, 0.05) is 4.47 Å². The van der Waals surface area contributed by atoms with Gasteiger partial charge in [-0.2, -0.15) is 0 Å². The highest BCUT2D eigenvalue weighted by molar-refractivity contribution is 9.10. The predicted octanol–water partition coefficient (Wildman–Crippen LogP) is 3.69. The molecule has 0 heterocycles. The molecule has 1 nitrogen and oxygen atoms in total. The molecule has 0 aromatic heterocycles. The maximum absolute atomic E-state index is 13.1. The minimum Gasteiger partial charge on any atom is -0.316 e. The first-order valence-corrected chi connectivity index (χ1v) is 6.67. The molecule has 16 heavy (non-hydrogen) atoms. The molecule has 0 amide bonds. The Bertz CT molecular complexity index is 367. The van der Waals surface area contributed by atoms with E-state index in [9.17, 15) is 4.39 Å². The summed E-state index contributed by atoms with van der Waals surface area (Å²) in [6.07, 6.45) is 2.35. The Morgan fingerprint density at radius 2 is 2.31 bits per heavy atom. The SMILES string of the molecule is CCCNCC1CC1c1cc(F)ccc1Br. The largest absolute Gasteiger partial charge is 0.316 e. The van der Waals surface area contributed by atoms with Crippen LogP contribution in [0.5, 0.6) is 0 Å². The quantitative estimate of drug-likeness (QED) is 0.814. The summed E-state index contributed by atoms with van der Waals surface area (Å²) in [7, 11) is 0. The fourth-order valence-electron chi connectivity index (χ4n) is 2.12. The summed E-state index contributed by atoms with van der Waals surface area (Å²) in [6.45, 7) is 4.30. The third-order valence-corrected chi connectivity index (χ3v) is 3.84. The maximum atomic E-state index is 13.1. The van der Waals surface area contributed by atoms with Gasteiger partial charge in [0.15, 0.2) is 0 Å². The zero-order valence-electron chi connectivity index (χ0n) is 9.47. The molecule has 1 aliphatic carbocycles. The minimum absolute atomic E-state index is 0.134. The van der Waals surface area contributed by atoms with Crippen LogP contribution in [0.4, 0.5) is 4.39 Å². The van der Waals surface area contributed by atoms with E-state index in [-0.39, 0.29) is 5.82 Å². The van der Waals surface area contributed by atoms with Crippen LogP contribution in [0.1, 0.15) is 31.2 Å². The van der Waals surface area contributed by atoms with Gasteiger partial charge in [0.2, 0.25) is 0 Å². The molecule has 1 aromatic rings. The van der Waals surface area contributed by atoms with Crippen molar-refractivity contribution in [2.75, 3.05) is 13.1 Å². The topological polar surface area (TPSA) is 12.0 Å². The van der Waals surface area contributed by atoms with E-state index < -0.39 is 0 Å². The third kappa shape index (κ3) is 2.83. The van der Waals surface area contributed by atoms with Crippen LogP contribution in [0.3, 0.4) is 0 Å². The Morgan fingerprint density at radius 3 is 3.06 bits per heavy atom. The second-order valence-corrected chi connectivity index (χ2v) is 5.33. The van der Waals surface area contributed by atoms with Crippen LogP contribution in [0.15, 0.2) is 22.7 Å². The zero-order chi connectivity index (χ0) is 11.5. The highest BCUT2D eigenvalue weighted by atomic mass is 79.9. The van der Waals surface area contributed by atoms with Crippen LogP contribution < -0.4 is 5.32 Å². The van der Waals surface area contributed by atoms with E-state index in [4.69, 9.17) is 0 Å². The molecule has 1 saturated carbocycles. The monoisotopic (exact) mass is 285 g/mol. The van der Waals surface area contributed by atoms with Gasteiger partial charge in [-0.3, -0.25) is 0 Å². The molecule has 0 radical (unpaired) electrons. The molecule has 0 bridgehead atoms. The van der Waals surface area contributed by atoms with Crippen LogP contribution in [-0.4, -0.2) is 13.1 Å². The number of hydrogen-bond donors (Lipinski definition) is 1. The Hall–Kier alpha value is -0.410. The van der Waals surface area contributed by atoms with Crippen LogP contribution in [0.2, 0.25) is 0 Å². The second kappa shape index (κ2) is 5.28. The summed E-state index contributed by atoms with van der Waals surface area (Å²) in [5.74, 6) is 1.09. The van der Waals surface area contributed by atoms with Gasteiger partial charge >= 0.3 is 0 Å². The number of hydrogen-bond acceptors (Lipinski definition) is 1. The number of halogens is 2. The van der Waals surface area contributed by atoms with Gasteiger partial charge in [0.25, 0.3) is 0 Å². The minimum atomic E-state index is -0.134. The summed E-state index contributed by atoms with van der Waals surface area (Å²) in [6, 6.07) is 4.97. The van der Waals surface area contributed by atoms with Crippen molar-refractivity contribution >= 4 is 15.9 Å². The van der Waals surface area contributed by atoms with Crippen LogP contribution >= 0.6 is 15.9 Å². The Morgan fingerprint density at radius 1 is 1.50 bits per heavy atom.